The van der Waals surface area contributed by atoms with Gasteiger partial charge in [0.15, 0.2) is 6.23 Å². The normalized spacial score (nSPS) is 19.9. The fourth-order valence-electron chi connectivity index (χ4n) is 1.40. The third-order valence-electron chi connectivity index (χ3n) is 2.22. The first-order chi connectivity index (χ1) is 7.61. The van der Waals surface area contributed by atoms with Crippen LogP contribution in [0, 0.1) is 3.57 Å². The van der Waals surface area contributed by atoms with E-state index in [1.165, 1.54) is 10.8 Å². The van der Waals surface area contributed by atoms with Crippen molar-refractivity contribution in [3.05, 3.63) is 42.3 Å². The minimum Gasteiger partial charge on any atom is -0.392 e. The van der Waals surface area contributed by atoms with E-state index in [0.29, 0.717) is 10.2 Å². The quantitative estimate of drug-likeness (QED) is 0.568. The highest BCUT2D eigenvalue weighted by Crippen LogP contribution is 2.19. The van der Waals surface area contributed by atoms with E-state index in [9.17, 15) is 9.59 Å². The molecule has 0 aliphatic carbocycles. The lowest BCUT2D eigenvalue weighted by Gasteiger charge is -2.11. The Morgan fingerprint density at radius 2 is 2.38 bits per heavy atom. The van der Waals surface area contributed by atoms with E-state index in [4.69, 9.17) is 9.84 Å². The number of aromatic amines is 1. The van der Waals surface area contributed by atoms with Gasteiger partial charge in [0.25, 0.3) is 5.56 Å². The highest BCUT2D eigenvalue weighted by atomic mass is 127. The molecule has 1 aliphatic rings. The Labute approximate surface area is 104 Å². The average molecular weight is 336 g/mol. The van der Waals surface area contributed by atoms with E-state index in [2.05, 4.69) is 4.98 Å². The number of halogens is 1. The zero-order valence-corrected chi connectivity index (χ0v) is 10.3. The number of nitrogens with one attached hydrogen (secondary N) is 1. The summed E-state index contributed by atoms with van der Waals surface area (Å²) in [4.78, 5) is 24.9. The van der Waals surface area contributed by atoms with E-state index in [0.717, 1.165) is 5.57 Å². The molecule has 1 aromatic rings. The van der Waals surface area contributed by atoms with Crippen molar-refractivity contribution in [1.82, 2.24) is 9.55 Å². The first-order valence-electron chi connectivity index (χ1n) is 4.55. The van der Waals surface area contributed by atoms with E-state index in [-0.39, 0.29) is 6.61 Å². The minimum atomic E-state index is -0.556. The molecule has 2 N–H and O–H groups in total. The van der Waals surface area contributed by atoms with Crippen molar-refractivity contribution >= 4 is 22.6 Å². The second kappa shape index (κ2) is 4.52. The largest absolute Gasteiger partial charge is 0.392 e. The summed E-state index contributed by atoms with van der Waals surface area (Å²) in [5.41, 5.74) is -0.213. The van der Waals surface area contributed by atoms with Gasteiger partial charge in [-0.15, -0.1) is 0 Å². The number of H-pyrrole nitrogens is 1. The van der Waals surface area contributed by atoms with Crippen molar-refractivity contribution in [2.75, 3.05) is 13.2 Å². The zero-order valence-electron chi connectivity index (χ0n) is 8.14. The van der Waals surface area contributed by atoms with Crippen molar-refractivity contribution in [3.63, 3.8) is 0 Å². The van der Waals surface area contributed by atoms with Crippen LogP contribution in [0.5, 0.6) is 0 Å². The molecule has 0 unspecified atom stereocenters. The molecule has 1 aromatic heterocycles. The highest BCUT2D eigenvalue weighted by Gasteiger charge is 2.19. The molecule has 0 aromatic carbocycles. The number of aliphatic hydroxyl groups excluding tert-OH is 1. The van der Waals surface area contributed by atoms with Crippen molar-refractivity contribution in [2.24, 2.45) is 0 Å². The molecule has 0 bridgehead atoms. The van der Waals surface area contributed by atoms with E-state index >= 15 is 0 Å². The highest BCUT2D eigenvalue weighted by molar-refractivity contribution is 14.1. The maximum Gasteiger partial charge on any atom is 0.330 e. The predicted octanol–water partition coefficient (Wildman–Crippen LogP) is -0.411. The Kier molecular flexibility index (Phi) is 3.26. The Balaban J connectivity index is 2.43. The van der Waals surface area contributed by atoms with Gasteiger partial charge in [-0.25, -0.2) is 4.79 Å². The maximum atomic E-state index is 11.5. The average Bonchev–Trinajstić information content (AvgIpc) is 2.71. The Morgan fingerprint density at radius 3 is 3.00 bits per heavy atom. The Bertz CT molecular complexity index is 545. The van der Waals surface area contributed by atoms with Crippen LogP contribution in [0.3, 0.4) is 0 Å². The lowest BCUT2D eigenvalue weighted by molar-refractivity contribution is 0.0678. The molecule has 86 valence electrons. The molecule has 0 spiro atoms. The maximum absolute atomic E-state index is 11.5. The van der Waals surface area contributed by atoms with Crippen LogP contribution in [0.2, 0.25) is 0 Å². The van der Waals surface area contributed by atoms with Crippen LogP contribution >= 0.6 is 22.6 Å². The molecule has 1 atom stereocenters. The standard InChI is InChI=1S/C9H9IN2O4/c10-6-2-12(9(15)11-8(6)14)7-1-5(3-13)4-16-7/h1-2,7,13H,3-4H2,(H,11,14,15)/t7-/m1/s1. The van der Waals surface area contributed by atoms with Crippen LogP contribution in [-0.4, -0.2) is 27.9 Å². The van der Waals surface area contributed by atoms with Gasteiger partial charge in [-0.1, -0.05) is 0 Å². The number of nitrogens with zero attached hydrogens (tertiary/aromatic N) is 1. The monoisotopic (exact) mass is 336 g/mol. The summed E-state index contributed by atoms with van der Waals surface area (Å²) in [6.45, 7) is 0.203. The third kappa shape index (κ3) is 2.11. The lowest BCUT2D eigenvalue weighted by atomic mass is 10.3. The van der Waals surface area contributed by atoms with Gasteiger partial charge in [0, 0.05) is 6.20 Å². The molecule has 6 nitrogen and oxygen atoms in total. The van der Waals surface area contributed by atoms with Gasteiger partial charge in [0.2, 0.25) is 0 Å². The molecule has 0 radical (unpaired) electrons. The Morgan fingerprint density at radius 1 is 1.62 bits per heavy atom. The molecule has 1 aliphatic heterocycles. The van der Waals surface area contributed by atoms with Crippen molar-refractivity contribution in [1.29, 1.82) is 0 Å². The smallest absolute Gasteiger partial charge is 0.330 e. The first kappa shape index (κ1) is 11.6. The second-order valence-electron chi connectivity index (χ2n) is 3.33. The molecule has 2 heterocycles. The molecular formula is C9H9IN2O4. The number of aromatic nitrogens is 2. The van der Waals surface area contributed by atoms with Crippen LogP contribution in [0.25, 0.3) is 0 Å². The van der Waals surface area contributed by atoms with Crippen molar-refractivity contribution < 1.29 is 9.84 Å². The molecule has 0 saturated heterocycles. The molecule has 0 amide bonds. The summed E-state index contributed by atoms with van der Waals surface area (Å²) in [7, 11) is 0. The molecule has 2 rings (SSSR count). The topological polar surface area (TPSA) is 84.3 Å². The van der Waals surface area contributed by atoms with Crippen LogP contribution in [0.1, 0.15) is 6.23 Å². The Hall–Kier alpha value is -0.930. The second-order valence-corrected chi connectivity index (χ2v) is 4.49. The van der Waals surface area contributed by atoms with Crippen LogP contribution in [-0.2, 0) is 4.74 Å². The van der Waals surface area contributed by atoms with Gasteiger partial charge in [0.05, 0.1) is 16.8 Å². The van der Waals surface area contributed by atoms with Gasteiger partial charge < -0.3 is 9.84 Å². The van der Waals surface area contributed by atoms with Gasteiger partial charge in [-0.2, -0.15) is 0 Å². The summed E-state index contributed by atoms with van der Waals surface area (Å²) in [6.07, 6.45) is 2.54. The number of ether oxygens (including phenoxy) is 1. The molecule has 0 saturated carbocycles. The first-order valence-corrected chi connectivity index (χ1v) is 5.62. The van der Waals surface area contributed by atoms with E-state index < -0.39 is 17.5 Å². The van der Waals surface area contributed by atoms with Gasteiger partial charge in [-0.3, -0.25) is 14.3 Å². The fraction of sp³-hybridized carbons (Fsp3) is 0.333. The van der Waals surface area contributed by atoms with Crippen LogP contribution in [0.15, 0.2) is 27.4 Å². The van der Waals surface area contributed by atoms with Crippen molar-refractivity contribution in [3.8, 4) is 0 Å². The number of hydrogen-bond acceptors (Lipinski definition) is 4. The number of rotatable bonds is 2. The van der Waals surface area contributed by atoms with Crippen molar-refractivity contribution in [2.45, 2.75) is 6.23 Å². The summed E-state index contributed by atoms with van der Waals surface area (Å²) < 4.78 is 7.00. The van der Waals surface area contributed by atoms with Crippen LogP contribution in [0.4, 0.5) is 0 Å². The molecule has 0 fully saturated rings. The zero-order chi connectivity index (χ0) is 11.7. The number of aliphatic hydroxyl groups is 1. The van der Waals surface area contributed by atoms with E-state index in [1.807, 2.05) is 22.6 Å². The summed E-state index contributed by atoms with van der Waals surface area (Å²) in [6, 6.07) is 0. The summed E-state index contributed by atoms with van der Waals surface area (Å²) >= 11 is 1.84. The van der Waals surface area contributed by atoms with Crippen LogP contribution < -0.4 is 11.2 Å². The van der Waals surface area contributed by atoms with E-state index in [1.54, 1.807) is 6.08 Å². The third-order valence-corrected chi connectivity index (χ3v) is 2.99. The minimum absolute atomic E-state index is 0.0916. The SMILES string of the molecule is O=c1[nH]c(=O)n([C@H]2C=C(CO)CO2)cc1I. The van der Waals surface area contributed by atoms with Gasteiger partial charge >= 0.3 is 5.69 Å². The lowest BCUT2D eigenvalue weighted by Crippen LogP contribution is -2.33. The van der Waals surface area contributed by atoms with Gasteiger partial charge in [0.1, 0.15) is 0 Å². The molecule has 16 heavy (non-hydrogen) atoms. The van der Waals surface area contributed by atoms with Gasteiger partial charge in [-0.05, 0) is 34.2 Å². The summed E-state index contributed by atoms with van der Waals surface area (Å²) in [5.74, 6) is 0. The fourth-order valence-corrected chi connectivity index (χ4v) is 1.83. The number of hydrogen-bond donors (Lipinski definition) is 2. The molecule has 7 heteroatoms. The predicted molar refractivity (Wildman–Crippen MR) is 64.2 cm³/mol. The summed E-state index contributed by atoms with van der Waals surface area (Å²) in [5, 5.41) is 8.90. The molecular weight excluding hydrogens is 327 g/mol.